The first-order chi connectivity index (χ1) is 18.8. The number of esters is 1. The fourth-order valence-electron chi connectivity index (χ4n) is 3.93. The molecule has 7 nitrogen and oxygen atoms in total. The van der Waals surface area contributed by atoms with Crippen molar-refractivity contribution >= 4 is 17.8 Å². The number of carboxylic acids is 1. The van der Waals surface area contributed by atoms with Gasteiger partial charge in [-0.15, -0.1) is 0 Å². The summed E-state index contributed by atoms with van der Waals surface area (Å²) < 4.78 is 25.2. The third-order valence-corrected chi connectivity index (χ3v) is 6.15. The Hall–Kier alpha value is -4.20. The van der Waals surface area contributed by atoms with E-state index in [0.29, 0.717) is 29.0 Å². The van der Waals surface area contributed by atoms with Gasteiger partial charge in [-0.05, 0) is 67.4 Å². The van der Waals surface area contributed by atoms with E-state index in [1.807, 2.05) is 0 Å². The third-order valence-electron chi connectivity index (χ3n) is 6.15. The van der Waals surface area contributed by atoms with Gasteiger partial charge in [-0.2, -0.15) is 0 Å². The number of hydrogen-bond acceptors (Lipinski definition) is 5. The molecule has 0 unspecified atom stereocenters. The smallest absolute Gasteiger partial charge is 0.343 e. The van der Waals surface area contributed by atoms with Crippen LogP contribution >= 0.6 is 0 Å². The Kier molecular flexibility index (Phi) is 11.0. The highest BCUT2D eigenvalue weighted by atomic mass is 19.1. The van der Waals surface area contributed by atoms with Gasteiger partial charge in [0.05, 0.1) is 17.7 Å². The molecule has 206 valence electrons. The number of hydrogen-bond donors (Lipinski definition) is 2. The van der Waals surface area contributed by atoms with Crippen LogP contribution < -0.4 is 14.8 Å². The highest BCUT2D eigenvalue weighted by Crippen LogP contribution is 2.18. The average Bonchev–Trinajstić information content (AvgIpc) is 2.92. The van der Waals surface area contributed by atoms with Gasteiger partial charge in [0.25, 0.3) is 5.91 Å². The maximum atomic E-state index is 14.0. The van der Waals surface area contributed by atoms with Crippen molar-refractivity contribution in [1.82, 2.24) is 5.32 Å². The molecule has 3 rings (SSSR count). The van der Waals surface area contributed by atoms with Gasteiger partial charge in [0.15, 0.2) is 0 Å². The minimum atomic E-state index is -1.28. The van der Waals surface area contributed by atoms with Gasteiger partial charge in [-0.3, -0.25) is 4.79 Å². The summed E-state index contributed by atoms with van der Waals surface area (Å²) in [6.07, 6.45) is 5.73. The maximum absolute atomic E-state index is 14.0. The van der Waals surface area contributed by atoms with Gasteiger partial charge in [0.1, 0.15) is 23.4 Å². The molecular weight excluding hydrogens is 501 g/mol. The fraction of sp³-hybridized carbons (Fsp3) is 0.323. The lowest BCUT2D eigenvalue weighted by atomic mass is 10.0. The molecule has 0 aliphatic rings. The molecule has 0 bridgehead atoms. The summed E-state index contributed by atoms with van der Waals surface area (Å²) in [7, 11) is 0. The van der Waals surface area contributed by atoms with Crippen LogP contribution in [0.3, 0.4) is 0 Å². The summed E-state index contributed by atoms with van der Waals surface area (Å²) in [4.78, 5) is 36.7. The van der Waals surface area contributed by atoms with Crippen LogP contribution in [0.2, 0.25) is 0 Å². The fourth-order valence-corrected chi connectivity index (χ4v) is 3.93. The molecule has 39 heavy (non-hydrogen) atoms. The second kappa shape index (κ2) is 14.7. The van der Waals surface area contributed by atoms with Crippen molar-refractivity contribution in [1.29, 1.82) is 0 Å². The predicted molar refractivity (Wildman–Crippen MR) is 146 cm³/mol. The molecule has 3 aromatic carbocycles. The topological polar surface area (TPSA) is 102 Å². The Morgan fingerprint density at radius 2 is 1.56 bits per heavy atom. The van der Waals surface area contributed by atoms with Crippen molar-refractivity contribution in [2.75, 3.05) is 6.61 Å². The largest absolute Gasteiger partial charge is 0.494 e. The molecule has 1 atom stereocenters. The van der Waals surface area contributed by atoms with Crippen molar-refractivity contribution in [2.45, 2.75) is 58.4 Å². The Bertz CT molecular complexity index is 1260. The number of nitrogens with one attached hydrogen (secondary N) is 1. The van der Waals surface area contributed by atoms with Crippen molar-refractivity contribution in [3.63, 3.8) is 0 Å². The number of benzene rings is 3. The highest BCUT2D eigenvalue weighted by Gasteiger charge is 2.23. The zero-order valence-electron chi connectivity index (χ0n) is 22.2. The minimum Gasteiger partial charge on any atom is -0.494 e. The first-order valence-electron chi connectivity index (χ1n) is 13.1. The molecule has 0 heterocycles. The molecule has 0 saturated heterocycles. The molecule has 0 radical (unpaired) electrons. The summed E-state index contributed by atoms with van der Waals surface area (Å²) in [5.41, 5.74) is 1.41. The Balaban J connectivity index is 1.52. The molecule has 0 saturated carbocycles. The van der Waals surface area contributed by atoms with Crippen molar-refractivity contribution in [2.24, 2.45) is 0 Å². The van der Waals surface area contributed by atoms with Crippen LogP contribution in [0.25, 0.3) is 0 Å². The summed E-state index contributed by atoms with van der Waals surface area (Å²) in [5, 5.41) is 12.0. The standard InChI is InChI=1S/C31H34FNO6/c1-3-4-5-6-7-18-38-24-15-11-23(12-16-24)31(37)39-25-13-9-22(10-14-25)20-28(30(35)36)33-29(34)26-19-21(2)8-17-27(26)32/h8-17,19,28H,3-7,18,20H2,1-2H3,(H,33,34)(H,35,36)/t28-/m0/s1. The molecule has 0 aliphatic carbocycles. The van der Waals surface area contributed by atoms with Crippen LogP contribution in [0.15, 0.2) is 66.7 Å². The monoisotopic (exact) mass is 535 g/mol. The number of unbranched alkanes of at least 4 members (excludes halogenated alkanes) is 4. The zero-order valence-corrected chi connectivity index (χ0v) is 22.2. The number of rotatable bonds is 14. The summed E-state index contributed by atoms with van der Waals surface area (Å²) in [5.74, 6) is -2.35. The normalized spacial score (nSPS) is 11.5. The van der Waals surface area contributed by atoms with Crippen molar-refractivity contribution < 1.29 is 33.4 Å². The van der Waals surface area contributed by atoms with Crippen molar-refractivity contribution in [3.8, 4) is 11.5 Å². The number of carbonyl (C=O) groups is 3. The second-order valence-electron chi connectivity index (χ2n) is 9.37. The first-order valence-corrected chi connectivity index (χ1v) is 13.1. The Morgan fingerprint density at radius 1 is 0.897 bits per heavy atom. The van der Waals surface area contributed by atoms with Gasteiger partial charge in [-0.1, -0.05) is 56.4 Å². The predicted octanol–water partition coefficient (Wildman–Crippen LogP) is 6.13. The number of amides is 1. The molecule has 0 fully saturated rings. The third kappa shape index (κ3) is 9.25. The van der Waals surface area contributed by atoms with Gasteiger partial charge in [0, 0.05) is 6.42 Å². The van der Waals surface area contributed by atoms with Crippen LogP contribution in [-0.2, 0) is 11.2 Å². The molecular formula is C31H34FNO6. The highest BCUT2D eigenvalue weighted by molar-refractivity contribution is 5.97. The molecule has 1 amide bonds. The van der Waals surface area contributed by atoms with E-state index in [9.17, 15) is 23.9 Å². The molecule has 0 spiro atoms. The van der Waals surface area contributed by atoms with Gasteiger partial charge >= 0.3 is 11.9 Å². The average molecular weight is 536 g/mol. The second-order valence-corrected chi connectivity index (χ2v) is 9.37. The van der Waals surface area contributed by atoms with Crippen LogP contribution in [0, 0.1) is 12.7 Å². The number of aliphatic carboxylic acids is 1. The number of halogens is 1. The van der Waals surface area contributed by atoms with E-state index in [4.69, 9.17) is 9.47 Å². The van der Waals surface area contributed by atoms with E-state index in [1.54, 1.807) is 55.5 Å². The van der Waals surface area contributed by atoms with E-state index in [1.165, 1.54) is 37.5 Å². The van der Waals surface area contributed by atoms with E-state index >= 15 is 0 Å². The number of ether oxygens (including phenoxy) is 2. The SMILES string of the molecule is CCCCCCCOc1ccc(C(=O)Oc2ccc(C[C@H](NC(=O)c3cc(C)ccc3F)C(=O)O)cc2)cc1. The minimum absolute atomic E-state index is 0.0389. The molecule has 0 aromatic heterocycles. The molecule has 0 aliphatic heterocycles. The number of carbonyl (C=O) groups excluding carboxylic acids is 2. The van der Waals surface area contributed by atoms with Crippen LogP contribution in [0.4, 0.5) is 4.39 Å². The quantitative estimate of drug-likeness (QED) is 0.146. The molecule has 3 aromatic rings. The van der Waals surface area contributed by atoms with E-state index in [2.05, 4.69) is 12.2 Å². The van der Waals surface area contributed by atoms with Crippen LogP contribution in [0.5, 0.6) is 11.5 Å². The van der Waals surface area contributed by atoms with Gasteiger partial charge < -0.3 is 19.9 Å². The number of aryl methyl sites for hydroxylation is 1. The lowest BCUT2D eigenvalue weighted by Crippen LogP contribution is -2.42. The number of carboxylic acid groups (broad SMARTS) is 1. The lowest BCUT2D eigenvalue weighted by molar-refractivity contribution is -0.139. The van der Waals surface area contributed by atoms with Gasteiger partial charge in [0.2, 0.25) is 0 Å². The summed E-state index contributed by atoms with van der Waals surface area (Å²) in [6.45, 7) is 4.52. The Labute approximate surface area is 228 Å². The van der Waals surface area contributed by atoms with E-state index in [-0.39, 0.29) is 17.7 Å². The first kappa shape index (κ1) is 29.4. The maximum Gasteiger partial charge on any atom is 0.343 e. The van der Waals surface area contributed by atoms with Gasteiger partial charge in [-0.25, -0.2) is 14.0 Å². The lowest BCUT2D eigenvalue weighted by Gasteiger charge is -2.15. The van der Waals surface area contributed by atoms with Crippen LogP contribution in [-0.4, -0.2) is 35.6 Å². The van der Waals surface area contributed by atoms with Crippen molar-refractivity contribution in [3.05, 3.63) is 94.8 Å². The van der Waals surface area contributed by atoms with Crippen LogP contribution in [0.1, 0.15) is 70.9 Å². The zero-order chi connectivity index (χ0) is 28.2. The molecule has 8 heteroatoms. The Morgan fingerprint density at radius 3 is 2.23 bits per heavy atom. The van der Waals surface area contributed by atoms with E-state index < -0.39 is 29.7 Å². The summed E-state index contributed by atoms with van der Waals surface area (Å²) in [6, 6.07) is 15.8. The summed E-state index contributed by atoms with van der Waals surface area (Å²) >= 11 is 0. The van der Waals surface area contributed by atoms with E-state index in [0.717, 1.165) is 12.8 Å². The molecule has 2 N–H and O–H groups in total.